The molecule has 5 nitrogen and oxygen atoms in total. The Kier molecular flexibility index (Phi) is 3.33. The highest BCUT2D eigenvalue weighted by molar-refractivity contribution is 7.80. The maximum Gasteiger partial charge on any atom is 0.118 e. The minimum absolute atomic E-state index is 0.359. The van der Waals surface area contributed by atoms with Gasteiger partial charge in [0, 0.05) is 0 Å². The van der Waals surface area contributed by atoms with E-state index in [9.17, 15) is 10.2 Å². The first-order chi connectivity index (χ1) is 5.57. The van der Waals surface area contributed by atoms with Crippen LogP contribution in [0, 0.1) is 0 Å². The van der Waals surface area contributed by atoms with Crippen LogP contribution in [-0.4, -0.2) is 51.7 Å². The van der Waals surface area contributed by atoms with Crippen LogP contribution in [0.4, 0.5) is 0 Å². The monoisotopic (exact) mass is 195 g/mol. The molecule has 0 aliphatic carbocycles. The van der Waals surface area contributed by atoms with E-state index in [2.05, 4.69) is 12.6 Å². The molecule has 0 saturated carbocycles. The van der Waals surface area contributed by atoms with E-state index in [0.717, 1.165) is 0 Å². The number of ether oxygens (including phenoxy) is 1. The summed E-state index contributed by atoms with van der Waals surface area (Å²) in [6.45, 7) is -0.359. The molecule has 0 amide bonds. The summed E-state index contributed by atoms with van der Waals surface area (Å²) in [5, 5.41) is 27.3. The van der Waals surface area contributed by atoms with E-state index in [1.54, 1.807) is 0 Å². The fraction of sp³-hybridized carbons (Fsp3) is 1.00. The Morgan fingerprint density at radius 3 is 2.42 bits per heavy atom. The molecule has 72 valence electrons. The van der Waals surface area contributed by atoms with E-state index in [1.165, 1.54) is 0 Å². The standard InChI is InChI=1S/C6H13NO4S/c7-3-5(10)4(9)2(1-8)11-6(3)12/h2-6,8-10,12H,1,7H2/t2?,3?,4-,5?,6+/m1/s1. The van der Waals surface area contributed by atoms with Gasteiger partial charge < -0.3 is 25.8 Å². The molecular formula is C6H13NO4S. The summed E-state index contributed by atoms with van der Waals surface area (Å²) in [7, 11) is 0. The second-order valence-corrected chi connectivity index (χ2v) is 3.32. The van der Waals surface area contributed by atoms with Gasteiger partial charge >= 0.3 is 0 Å². The first-order valence-electron chi connectivity index (χ1n) is 3.64. The predicted octanol–water partition coefficient (Wildman–Crippen LogP) is -2.32. The van der Waals surface area contributed by atoms with E-state index in [1.807, 2.05) is 0 Å². The summed E-state index contributed by atoms with van der Waals surface area (Å²) >= 11 is 3.94. The largest absolute Gasteiger partial charge is 0.394 e. The Balaban J connectivity index is 2.63. The van der Waals surface area contributed by atoms with E-state index in [-0.39, 0.29) is 6.61 Å². The van der Waals surface area contributed by atoms with Crippen molar-refractivity contribution in [3.8, 4) is 0 Å². The van der Waals surface area contributed by atoms with Gasteiger partial charge in [0.25, 0.3) is 0 Å². The third kappa shape index (κ3) is 1.73. The molecule has 0 aromatic heterocycles. The van der Waals surface area contributed by atoms with Crippen LogP contribution in [0.25, 0.3) is 0 Å². The first-order valence-corrected chi connectivity index (χ1v) is 4.15. The SMILES string of the molecule is NC1C(O)[C@H](O)C(CO)O[C@H]1S. The van der Waals surface area contributed by atoms with Crippen molar-refractivity contribution in [1.82, 2.24) is 0 Å². The zero-order chi connectivity index (χ0) is 9.30. The van der Waals surface area contributed by atoms with E-state index < -0.39 is 29.8 Å². The van der Waals surface area contributed by atoms with Gasteiger partial charge in [0.2, 0.25) is 0 Å². The van der Waals surface area contributed by atoms with Crippen LogP contribution in [0.2, 0.25) is 0 Å². The van der Waals surface area contributed by atoms with Gasteiger partial charge in [-0.3, -0.25) is 0 Å². The molecule has 1 fully saturated rings. The van der Waals surface area contributed by atoms with Gasteiger partial charge in [-0.1, -0.05) is 0 Å². The molecule has 5 N–H and O–H groups in total. The average Bonchev–Trinajstić information content (AvgIpc) is 2.08. The van der Waals surface area contributed by atoms with Gasteiger partial charge in [-0.2, -0.15) is 0 Å². The van der Waals surface area contributed by atoms with Crippen molar-refractivity contribution in [2.45, 2.75) is 29.8 Å². The van der Waals surface area contributed by atoms with Crippen molar-refractivity contribution in [2.75, 3.05) is 6.61 Å². The Labute approximate surface area is 75.5 Å². The Hall–Kier alpha value is 0.150. The molecule has 0 radical (unpaired) electrons. The average molecular weight is 195 g/mol. The van der Waals surface area contributed by atoms with Crippen molar-refractivity contribution in [3.63, 3.8) is 0 Å². The molecule has 5 atom stereocenters. The topological polar surface area (TPSA) is 95.9 Å². The molecular weight excluding hydrogens is 182 g/mol. The second kappa shape index (κ2) is 3.91. The summed E-state index contributed by atoms with van der Waals surface area (Å²) in [5.74, 6) is 0. The van der Waals surface area contributed by atoms with Crippen molar-refractivity contribution in [3.05, 3.63) is 0 Å². The summed E-state index contributed by atoms with van der Waals surface area (Å²) in [4.78, 5) is 0. The smallest absolute Gasteiger partial charge is 0.118 e. The molecule has 12 heavy (non-hydrogen) atoms. The lowest BCUT2D eigenvalue weighted by Crippen LogP contribution is -2.60. The van der Waals surface area contributed by atoms with E-state index in [4.69, 9.17) is 15.6 Å². The third-order valence-electron chi connectivity index (χ3n) is 1.95. The molecule has 1 aliphatic rings. The highest BCUT2D eigenvalue weighted by Gasteiger charge is 2.40. The normalized spacial score (nSPS) is 49.2. The quantitative estimate of drug-likeness (QED) is 0.303. The summed E-state index contributed by atoms with van der Waals surface area (Å²) in [6, 6.07) is -0.730. The van der Waals surface area contributed by atoms with Crippen LogP contribution in [0.1, 0.15) is 0 Å². The summed E-state index contributed by atoms with van der Waals surface area (Å²) in [5.41, 5.74) is 4.78. The Morgan fingerprint density at radius 1 is 1.33 bits per heavy atom. The molecule has 1 aliphatic heterocycles. The molecule has 0 aromatic rings. The van der Waals surface area contributed by atoms with Gasteiger partial charge in [0.05, 0.1) is 12.6 Å². The molecule has 6 heteroatoms. The maximum atomic E-state index is 9.30. The van der Waals surface area contributed by atoms with Crippen LogP contribution in [0.3, 0.4) is 0 Å². The maximum absolute atomic E-state index is 9.30. The number of thiol groups is 1. The van der Waals surface area contributed by atoms with Crippen LogP contribution >= 0.6 is 12.6 Å². The minimum atomic E-state index is -1.15. The summed E-state index contributed by atoms with van der Waals surface area (Å²) in [6.07, 6.45) is -3.05. The number of aliphatic hydroxyl groups excluding tert-OH is 3. The molecule has 1 saturated heterocycles. The minimum Gasteiger partial charge on any atom is -0.394 e. The van der Waals surface area contributed by atoms with Crippen LogP contribution in [-0.2, 0) is 4.74 Å². The molecule has 1 heterocycles. The molecule has 1 rings (SSSR count). The van der Waals surface area contributed by atoms with Crippen molar-refractivity contribution in [2.24, 2.45) is 5.73 Å². The third-order valence-corrected chi connectivity index (χ3v) is 2.41. The number of hydrogen-bond donors (Lipinski definition) is 5. The van der Waals surface area contributed by atoms with Crippen molar-refractivity contribution >= 4 is 12.6 Å². The highest BCUT2D eigenvalue weighted by Crippen LogP contribution is 2.21. The van der Waals surface area contributed by atoms with E-state index in [0.29, 0.717) is 0 Å². The second-order valence-electron chi connectivity index (χ2n) is 2.81. The molecule has 0 aromatic carbocycles. The number of nitrogens with two attached hydrogens (primary N) is 1. The van der Waals surface area contributed by atoms with Gasteiger partial charge in [0.15, 0.2) is 0 Å². The highest BCUT2D eigenvalue weighted by atomic mass is 32.1. The Morgan fingerprint density at radius 2 is 1.92 bits per heavy atom. The Bertz CT molecular complexity index is 154. The molecule has 0 bridgehead atoms. The fourth-order valence-electron chi connectivity index (χ4n) is 1.12. The first kappa shape index (κ1) is 10.2. The van der Waals surface area contributed by atoms with Gasteiger partial charge in [-0.05, 0) is 0 Å². The lowest BCUT2D eigenvalue weighted by atomic mass is 9.99. The van der Waals surface area contributed by atoms with Crippen LogP contribution in [0.15, 0.2) is 0 Å². The molecule has 3 unspecified atom stereocenters. The van der Waals surface area contributed by atoms with Gasteiger partial charge in [0.1, 0.15) is 23.7 Å². The van der Waals surface area contributed by atoms with Crippen LogP contribution in [0.5, 0.6) is 0 Å². The van der Waals surface area contributed by atoms with Gasteiger partial charge in [-0.25, -0.2) is 0 Å². The fourth-order valence-corrected chi connectivity index (χ4v) is 1.45. The lowest BCUT2D eigenvalue weighted by molar-refractivity contribution is -0.165. The van der Waals surface area contributed by atoms with Crippen molar-refractivity contribution < 1.29 is 20.1 Å². The van der Waals surface area contributed by atoms with E-state index >= 15 is 0 Å². The predicted molar refractivity (Wildman–Crippen MR) is 44.7 cm³/mol. The zero-order valence-electron chi connectivity index (χ0n) is 6.37. The zero-order valence-corrected chi connectivity index (χ0v) is 7.26. The summed E-state index contributed by atoms with van der Waals surface area (Å²) < 4.78 is 5.01. The van der Waals surface area contributed by atoms with Gasteiger partial charge in [-0.15, -0.1) is 12.6 Å². The lowest BCUT2D eigenvalue weighted by Gasteiger charge is -2.38. The number of aliphatic hydroxyl groups is 3. The van der Waals surface area contributed by atoms with Crippen LogP contribution < -0.4 is 5.73 Å². The number of rotatable bonds is 1. The molecule has 0 spiro atoms. The number of hydrogen-bond acceptors (Lipinski definition) is 6. The van der Waals surface area contributed by atoms with Crippen molar-refractivity contribution in [1.29, 1.82) is 0 Å².